The molecule has 1 aromatic heterocycles. The molecule has 4 aromatic rings. The summed E-state index contributed by atoms with van der Waals surface area (Å²) in [5, 5.41) is 3.08. The van der Waals surface area contributed by atoms with Gasteiger partial charge in [-0.2, -0.15) is 0 Å². The lowest BCUT2D eigenvalue weighted by molar-refractivity contribution is 0.0937. The molecule has 0 spiro atoms. The highest BCUT2D eigenvalue weighted by atomic mass is 16.5. The van der Waals surface area contributed by atoms with E-state index in [0.717, 1.165) is 35.6 Å². The van der Waals surface area contributed by atoms with Gasteiger partial charge in [0, 0.05) is 12.1 Å². The molecule has 0 saturated heterocycles. The van der Waals surface area contributed by atoms with Crippen LogP contribution in [0.3, 0.4) is 0 Å². The third kappa shape index (κ3) is 5.34. The highest BCUT2D eigenvalue weighted by molar-refractivity contribution is 5.94. The second kappa shape index (κ2) is 10.2. The van der Waals surface area contributed by atoms with E-state index in [1.165, 1.54) is 5.56 Å². The highest BCUT2D eigenvalue weighted by Gasteiger charge is 2.19. The van der Waals surface area contributed by atoms with Crippen molar-refractivity contribution in [2.75, 3.05) is 13.7 Å². The van der Waals surface area contributed by atoms with E-state index in [-0.39, 0.29) is 11.9 Å². The van der Waals surface area contributed by atoms with Crippen molar-refractivity contribution in [1.29, 1.82) is 0 Å². The Morgan fingerprint density at radius 1 is 1.03 bits per heavy atom. The predicted octanol–water partition coefficient (Wildman–Crippen LogP) is 5.31. The lowest BCUT2D eigenvalue weighted by atomic mass is 10.2. The fourth-order valence-corrected chi connectivity index (χ4v) is 3.89. The minimum absolute atomic E-state index is 0.164. The number of fused-ring (bicyclic) bond motifs is 1. The molecule has 1 unspecified atom stereocenters. The summed E-state index contributed by atoms with van der Waals surface area (Å²) in [6.07, 6.45) is 0.817. The molecule has 1 atom stereocenters. The van der Waals surface area contributed by atoms with Crippen LogP contribution in [0.15, 0.2) is 72.8 Å². The van der Waals surface area contributed by atoms with Gasteiger partial charge in [-0.1, -0.05) is 30.3 Å². The number of hydrogen-bond donors (Lipinski definition) is 1. The molecule has 1 N–H and O–H groups in total. The number of nitrogens with zero attached hydrogens (tertiary/aromatic N) is 2. The summed E-state index contributed by atoms with van der Waals surface area (Å²) in [7, 11) is 1.59. The lowest BCUT2D eigenvalue weighted by Crippen LogP contribution is -2.29. The number of rotatable bonds is 9. The number of methoxy groups -OCH3 is 1. The molecule has 1 amide bonds. The van der Waals surface area contributed by atoms with E-state index >= 15 is 0 Å². The number of amides is 1. The first kappa shape index (κ1) is 22.4. The van der Waals surface area contributed by atoms with Crippen LogP contribution in [0.25, 0.3) is 11.0 Å². The Labute approximate surface area is 194 Å². The Bertz CT molecular complexity index is 1250. The van der Waals surface area contributed by atoms with Crippen LogP contribution in [0.5, 0.6) is 11.5 Å². The molecule has 0 aliphatic carbocycles. The van der Waals surface area contributed by atoms with E-state index in [1.54, 1.807) is 19.2 Å². The Morgan fingerprint density at radius 3 is 2.64 bits per heavy atom. The second-order valence-corrected chi connectivity index (χ2v) is 8.06. The van der Waals surface area contributed by atoms with Crippen molar-refractivity contribution in [3.63, 3.8) is 0 Å². The van der Waals surface area contributed by atoms with Crippen molar-refractivity contribution >= 4 is 16.9 Å². The third-order valence-corrected chi connectivity index (χ3v) is 5.54. The van der Waals surface area contributed by atoms with Crippen LogP contribution in [0.4, 0.5) is 0 Å². The molecule has 0 aliphatic rings. The minimum atomic E-state index is -0.270. The van der Waals surface area contributed by atoms with Crippen molar-refractivity contribution in [2.24, 2.45) is 0 Å². The Morgan fingerprint density at radius 2 is 1.82 bits per heavy atom. The summed E-state index contributed by atoms with van der Waals surface area (Å²) in [6, 6.07) is 23.0. The number of ether oxygens (including phenoxy) is 2. The number of para-hydroxylation sites is 2. The number of hydrogen-bond acceptors (Lipinski definition) is 4. The smallest absolute Gasteiger partial charge is 0.251 e. The Hall–Kier alpha value is -3.80. The first-order valence-corrected chi connectivity index (χ1v) is 11.1. The molecule has 6 nitrogen and oxygen atoms in total. The van der Waals surface area contributed by atoms with Gasteiger partial charge in [-0.3, -0.25) is 4.79 Å². The van der Waals surface area contributed by atoms with Gasteiger partial charge in [-0.25, -0.2) is 4.98 Å². The predicted molar refractivity (Wildman–Crippen MR) is 130 cm³/mol. The summed E-state index contributed by atoms with van der Waals surface area (Å²) < 4.78 is 13.3. The van der Waals surface area contributed by atoms with Gasteiger partial charge in [0.2, 0.25) is 0 Å². The third-order valence-electron chi connectivity index (χ3n) is 5.54. The molecule has 170 valence electrons. The Balaban J connectivity index is 1.48. The zero-order valence-corrected chi connectivity index (χ0v) is 19.2. The molecule has 0 bridgehead atoms. The van der Waals surface area contributed by atoms with E-state index in [2.05, 4.69) is 28.9 Å². The van der Waals surface area contributed by atoms with E-state index in [1.807, 2.05) is 55.5 Å². The van der Waals surface area contributed by atoms with Crippen LogP contribution in [-0.4, -0.2) is 29.2 Å². The molecule has 0 aliphatic heterocycles. The quantitative estimate of drug-likeness (QED) is 0.356. The number of aryl methyl sites for hydroxylation is 2. The van der Waals surface area contributed by atoms with Crippen LogP contribution >= 0.6 is 0 Å². The van der Waals surface area contributed by atoms with Gasteiger partial charge < -0.3 is 19.4 Å². The van der Waals surface area contributed by atoms with E-state index in [0.29, 0.717) is 17.9 Å². The lowest BCUT2D eigenvalue weighted by Gasteiger charge is -2.17. The molecular formula is C27H29N3O3. The highest BCUT2D eigenvalue weighted by Crippen LogP contribution is 2.22. The summed E-state index contributed by atoms with van der Waals surface area (Å²) >= 11 is 0. The number of benzene rings is 3. The molecule has 3 aromatic carbocycles. The molecule has 33 heavy (non-hydrogen) atoms. The normalized spacial score (nSPS) is 11.8. The van der Waals surface area contributed by atoms with Crippen LogP contribution in [0, 0.1) is 6.92 Å². The summed E-state index contributed by atoms with van der Waals surface area (Å²) in [5.74, 6) is 2.19. The molecule has 0 fully saturated rings. The van der Waals surface area contributed by atoms with Crippen LogP contribution in [-0.2, 0) is 6.54 Å². The van der Waals surface area contributed by atoms with Gasteiger partial charge in [-0.15, -0.1) is 0 Å². The first-order valence-electron chi connectivity index (χ1n) is 11.1. The van der Waals surface area contributed by atoms with E-state index < -0.39 is 0 Å². The molecule has 6 heteroatoms. The van der Waals surface area contributed by atoms with Crippen LogP contribution < -0.4 is 14.8 Å². The topological polar surface area (TPSA) is 65.4 Å². The largest absolute Gasteiger partial charge is 0.497 e. The molecule has 0 saturated carbocycles. The fraction of sp³-hybridized carbons (Fsp3) is 0.259. The number of nitrogens with one attached hydrogen (secondary N) is 1. The number of carbonyl (C=O) groups is 1. The molecular weight excluding hydrogens is 414 g/mol. The Kier molecular flexibility index (Phi) is 6.93. The van der Waals surface area contributed by atoms with Crippen LogP contribution in [0.1, 0.15) is 41.1 Å². The summed E-state index contributed by atoms with van der Waals surface area (Å²) in [6.45, 7) is 5.35. The standard InChI is InChI=1S/C27H29N3O3/c1-19-9-6-12-23(17-19)33-16-8-15-30-25-14-5-4-13-24(25)29-26(30)20(2)28-27(31)21-10-7-11-22(18-21)32-3/h4-7,9-14,17-18,20H,8,15-16H2,1-3H3,(H,28,31). The maximum atomic E-state index is 12.8. The molecule has 1 heterocycles. The molecule has 4 rings (SSSR count). The second-order valence-electron chi connectivity index (χ2n) is 8.06. The van der Waals surface area contributed by atoms with Gasteiger partial charge >= 0.3 is 0 Å². The zero-order chi connectivity index (χ0) is 23.2. The number of imidazole rings is 1. The average molecular weight is 444 g/mol. The zero-order valence-electron chi connectivity index (χ0n) is 19.2. The van der Waals surface area contributed by atoms with Crippen molar-refractivity contribution < 1.29 is 14.3 Å². The summed E-state index contributed by atoms with van der Waals surface area (Å²) in [4.78, 5) is 17.7. The van der Waals surface area contributed by atoms with E-state index in [4.69, 9.17) is 14.5 Å². The average Bonchev–Trinajstić information content (AvgIpc) is 3.20. The van der Waals surface area contributed by atoms with Gasteiger partial charge in [0.15, 0.2) is 0 Å². The minimum Gasteiger partial charge on any atom is -0.497 e. The van der Waals surface area contributed by atoms with Gasteiger partial charge in [-0.05, 0) is 68.3 Å². The van der Waals surface area contributed by atoms with Crippen molar-refractivity contribution in [2.45, 2.75) is 32.9 Å². The fourth-order valence-electron chi connectivity index (χ4n) is 3.89. The maximum Gasteiger partial charge on any atom is 0.251 e. The maximum absolute atomic E-state index is 12.8. The van der Waals surface area contributed by atoms with Crippen molar-refractivity contribution in [1.82, 2.24) is 14.9 Å². The van der Waals surface area contributed by atoms with Crippen molar-refractivity contribution in [3.05, 3.63) is 89.7 Å². The number of carbonyl (C=O) groups excluding carboxylic acids is 1. The van der Waals surface area contributed by atoms with Gasteiger partial charge in [0.25, 0.3) is 5.91 Å². The van der Waals surface area contributed by atoms with Gasteiger partial charge in [0.05, 0.1) is 30.8 Å². The van der Waals surface area contributed by atoms with Gasteiger partial charge in [0.1, 0.15) is 17.3 Å². The van der Waals surface area contributed by atoms with E-state index in [9.17, 15) is 4.79 Å². The first-order chi connectivity index (χ1) is 16.0. The monoisotopic (exact) mass is 443 g/mol. The molecule has 0 radical (unpaired) electrons. The van der Waals surface area contributed by atoms with Crippen molar-refractivity contribution in [3.8, 4) is 11.5 Å². The van der Waals surface area contributed by atoms with Crippen LogP contribution in [0.2, 0.25) is 0 Å². The summed E-state index contributed by atoms with van der Waals surface area (Å²) in [5.41, 5.74) is 3.69. The number of aromatic nitrogens is 2. The SMILES string of the molecule is COc1cccc(C(=O)NC(C)c2nc3ccccc3n2CCCOc2cccc(C)c2)c1.